The molecule has 3 N–H and O–H groups in total. The molecule has 3 heterocycles. The first-order valence-corrected chi connectivity index (χ1v) is 16.5. The molecule has 1 saturated heterocycles. The topological polar surface area (TPSA) is 108 Å². The number of carbonyl (C=O) groups is 1. The summed E-state index contributed by atoms with van der Waals surface area (Å²) in [5, 5.41) is 15.7. The van der Waals surface area contributed by atoms with Crippen molar-refractivity contribution < 1.29 is 18.7 Å². The summed E-state index contributed by atoms with van der Waals surface area (Å²) in [6.45, 7) is 4.11. The van der Waals surface area contributed by atoms with Crippen molar-refractivity contribution in [3.8, 4) is 0 Å². The molecular weight excluding hydrogens is 564 g/mol. The van der Waals surface area contributed by atoms with Crippen LogP contribution in [-0.2, 0) is 11.2 Å². The number of rotatable bonds is 10. The number of likely N-dealkylation sites (tertiary alicyclic amines) is 1. The molecule has 6 rings (SSSR count). The van der Waals surface area contributed by atoms with E-state index >= 15 is 0 Å². The van der Waals surface area contributed by atoms with Crippen molar-refractivity contribution in [1.82, 2.24) is 29.7 Å². The molecule has 3 aliphatic rings. The van der Waals surface area contributed by atoms with Crippen LogP contribution in [0.4, 0.5) is 20.4 Å². The molecule has 1 aliphatic heterocycles. The van der Waals surface area contributed by atoms with E-state index in [0.717, 1.165) is 83.4 Å². The summed E-state index contributed by atoms with van der Waals surface area (Å²) < 4.78 is 31.1. The summed E-state index contributed by atoms with van der Waals surface area (Å²) in [4.78, 5) is 29.5. The Morgan fingerprint density at radius 1 is 0.932 bits per heavy atom. The van der Waals surface area contributed by atoms with Crippen LogP contribution in [0.2, 0.25) is 0 Å². The number of fused-ring (bicyclic) bond motifs is 1. The molecule has 2 saturated carbocycles. The summed E-state index contributed by atoms with van der Waals surface area (Å²) in [5.41, 5.74) is 0.985. The Hall–Kier alpha value is -3.18. The number of imidazole rings is 1. The molecular formula is C33H45F2N7O2. The lowest BCUT2D eigenvalue weighted by Crippen LogP contribution is -2.40. The summed E-state index contributed by atoms with van der Waals surface area (Å²) in [7, 11) is 0. The van der Waals surface area contributed by atoms with Crippen LogP contribution in [0.15, 0.2) is 24.4 Å². The molecule has 0 spiro atoms. The Labute approximate surface area is 257 Å². The highest BCUT2D eigenvalue weighted by Crippen LogP contribution is 2.38. The van der Waals surface area contributed by atoms with E-state index < -0.39 is 11.6 Å². The number of anilines is 2. The van der Waals surface area contributed by atoms with E-state index in [1.165, 1.54) is 37.5 Å². The zero-order valence-corrected chi connectivity index (χ0v) is 25.5. The third-order valence-electron chi connectivity index (χ3n) is 9.99. The first kappa shape index (κ1) is 30.8. The number of halogens is 2. The van der Waals surface area contributed by atoms with Crippen molar-refractivity contribution in [2.75, 3.05) is 38.1 Å². The number of piperidine rings is 1. The van der Waals surface area contributed by atoms with Crippen molar-refractivity contribution in [3.05, 3.63) is 41.9 Å². The molecule has 11 heteroatoms. The molecule has 44 heavy (non-hydrogen) atoms. The Bertz CT molecular complexity index is 1390. The van der Waals surface area contributed by atoms with E-state index in [1.807, 2.05) is 4.57 Å². The average molecular weight is 610 g/mol. The second-order valence-corrected chi connectivity index (χ2v) is 13.0. The van der Waals surface area contributed by atoms with Gasteiger partial charge in [0.15, 0.2) is 5.65 Å². The van der Waals surface area contributed by atoms with Crippen LogP contribution < -0.4 is 10.6 Å². The minimum absolute atomic E-state index is 0.0340. The fourth-order valence-corrected chi connectivity index (χ4v) is 7.32. The van der Waals surface area contributed by atoms with E-state index in [-0.39, 0.29) is 36.1 Å². The van der Waals surface area contributed by atoms with Gasteiger partial charge < -0.3 is 20.6 Å². The number of amides is 1. The van der Waals surface area contributed by atoms with Crippen molar-refractivity contribution in [3.63, 3.8) is 0 Å². The minimum atomic E-state index is -0.689. The molecule has 3 fully saturated rings. The van der Waals surface area contributed by atoms with Gasteiger partial charge in [-0.25, -0.2) is 23.7 Å². The highest BCUT2D eigenvalue weighted by Gasteiger charge is 2.29. The predicted octanol–water partition coefficient (Wildman–Crippen LogP) is 5.52. The van der Waals surface area contributed by atoms with Crippen molar-refractivity contribution >= 4 is 28.7 Å². The maximum atomic E-state index is 14.6. The van der Waals surface area contributed by atoms with Crippen LogP contribution in [0, 0.1) is 29.4 Å². The number of carbonyl (C=O) groups excluding carboxylic acids is 1. The number of nitrogens with one attached hydrogen (secondary N) is 2. The van der Waals surface area contributed by atoms with Gasteiger partial charge in [-0.3, -0.25) is 9.36 Å². The number of nitrogens with zero attached hydrogens (tertiary/aromatic N) is 5. The molecule has 3 aromatic rings. The van der Waals surface area contributed by atoms with Crippen LogP contribution in [0.25, 0.3) is 11.2 Å². The van der Waals surface area contributed by atoms with Crippen LogP contribution in [0.3, 0.4) is 0 Å². The monoisotopic (exact) mass is 609 g/mol. The standard InChI is InChI=1S/C33H45F2N7O2/c34-26-5-4-6-27(35)30(26)40-33-38-28-20-37-29(39-31(28)42(33)25-13-9-23(21-43)10-14-25)19-22-7-11-24(12-8-22)32(44)36-15-18-41-16-2-1-3-17-41/h4-6,20,22-25,43H,1-3,7-19,21H2,(H,36,44)(H,38,40). The molecule has 2 aromatic heterocycles. The molecule has 0 bridgehead atoms. The van der Waals surface area contributed by atoms with Crippen molar-refractivity contribution in [2.24, 2.45) is 17.8 Å². The van der Waals surface area contributed by atoms with Crippen LogP contribution in [0.1, 0.15) is 82.5 Å². The Balaban J connectivity index is 1.12. The smallest absolute Gasteiger partial charge is 0.223 e. The second kappa shape index (κ2) is 14.3. The normalized spacial score (nSPS) is 24.8. The fourth-order valence-electron chi connectivity index (χ4n) is 7.32. The molecule has 0 radical (unpaired) electrons. The lowest BCUT2D eigenvalue weighted by molar-refractivity contribution is -0.126. The highest BCUT2D eigenvalue weighted by atomic mass is 19.1. The van der Waals surface area contributed by atoms with E-state index in [2.05, 4.69) is 25.5 Å². The van der Waals surface area contributed by atoms with Gasteiger partial charge in [-0.2, -0.15) is 0 Å². The summed E-state index contributed by atoms with van der Waals surface area (Å²) in [6.07, 6.45) is 13.3. The van der Waals surface area contributed by atoms with Gasteiger partial charge in [0.1, 0.15) is 28.7 Å². The zero-order chi connectivity index (χ0) is 30.5. The number of hydrogen-bond donors (Lipinski definition) is 3. The number of hydrogen-bond acceptors (Lipinski definition) is 7. The molecule has 1 amide bonds. The number of para-hydroxylation sites is 1. The summed E-state index contributed by atoms with van der Waals surface area (Å²) >= 11 is 0. The second-order valence-electron chi connectivity index (χ2n) is 13.0. The van der Waals surface area contributed by atoms with E-state index in [4.69, 9.17) is 4.98 Å². The fraction of sp³-hybridized carbons (Fsp3) is 0.636. The first-order chi connectivity index (χ1) is 21.5. The van der Waals surface area contributed by atoms with Crippen LogP contribution in [-0.4, -0.2) is 68.2 Å². The average Bonchev–Trinajstić information content (AvgIpc) is 3.41. The van der Waals surface area contributed by atoms with Gasteiger partial charge in [0.25, 0.3) is 0 Å². The van der Waals surface area contributed by atoms with Crippen LogP contribution in [0.5, 0.6) is 0 Å². The molecule has 1 aromatic carbocycles. The summed E-state index contributed by atoms with van der Waals surface area (Å²) in [6, 6.07) is 3.81. The van der Waals surface area contributed by atoms with Gasteiger partial charge in [-0.15, -0.1) is 0 Å². The van der Waals surface area contributed by atoms with E-state index in [0.29, 0.717) is 29.5 Å². The first-order valence-electron chi connectivity index (χ1n) is 16.5. The Morgan fingerprint density at radius 3 is 2.34 bits per heavy atom. The largest absolute Gasteiger partial charge is 0.396 e. The SMILES string of the molecule is O=C(NCCN1CCCCC1)C1CCC(Cc2ncc3nc(Nc4c(F)cccc4F)n(C4CCC(CO)CC4)c3n2)CC1. The van der Waals surface area contributed by atoms with Crippen molar-refractivity contribution in [2.45, 2.75) is 83.1 Å². The van der Waals surface area contributed by atoms with Gasteiger partial charge in [-0.1, -0.05) is 12.5 Å². The molecule has 238 valence electrons. The number of aliphatic hydroxyl groups is 1. The molecule has 2 aliphatic carbocycles. The van der Waals surface area contributed by atoms with Gasteiger partial charge in [-0.05, 0) is 101 Å². The maximum Gasteiger partial charge on any atom is 0.223 e. The third-order valence-corrected chi connectivity index (χ3v) is 9.99. The molecule has 0 atom stereocenters. The van der Waals surface area contributed by atoms with Gasteiger partial charge in [0.05, 0.1) is 6.20 Å². The van der Waals surface area contributed by atoms with E-state index in [9.17, 15) is 18.7 Å². The molecule has 0 unspecified atom stereocenters. The van der Waals surface area contributed by atoms with Gasteiger partial charge in [0, 0.05) is 38.1 Å². The quantitative estimate of drug-likeness (QED) is 0.278. The Morgan fingerprint density at radius 2 is 1.64 bits per heavy atom. The van der Waals surface area contributed by atoms with Gasteiger partial charge >= 0.3 is 0 Å². The lowest BCUT2D eigenvalue weighted by Gasteiger charge is -2.30. The van der Waals surface area contributed by atoms with Crippen LogP contribution >= 0.6 is 0 Å². The van der Waals surface area contributed by atoms with E-state index in [1.54, 1.807) is 6.20 Å². The van der Waals surface area contributed by atoms with Gasteiger partial charge in [0.2, 0.25) is 11.9 Å². The van der Waals surface area contributed by atoms with Crippen molar-refractivity contribution in [1.29, 1.82) is 0 Å². The molecule has 9 nitrogen and oxygen atoms in total. The number of aromatic nitrogens is 4. The number of benzene rings is 1. The summed E-state index contributed by atoms with van der Waals surface area (Å²) in [5.74, 6) is 0.597. The lowest BCUT2D eigenvalue weighted by atomic mass is 9.80. The maximum absolute atomic E-state index is 14.6. The number of aliphatic hydroxyl groups excluding tert-OH is 1. The zero-order valence-electron chi connectivity index (χ0n) is 25.5. The predicted molar refractivity (Wildman–Crippen MR) is 165 cm³/mol. The Kier molecular flexibility index (Phi) is 10.0. The highest BCUT2D eigenvalue weighted by molar-refractivity contribution is 5.78. The minimum Gasteiger partial charge on any atom is -0.396 e. The third kappa shape index (κ3) is 7.20.